The molecule has 4 heteroatoms. The molecule has 0 saturated carbocycles. The van der Waals surface area contributed by atoms with Crippen LogP contribution in [0.25, 0.3) is 0 Å². The van der Waals surface area contributed by atoms with Crippen molar-refractivity contribution < 1.29 is 14.6 Å². The number of anilines is 1. The Morgan fingerprint density at radius 2 is 2.06 bits per heavy atom. The first-order valence-corrected chi connectivity index (χ1v) is 5.74. The molecule has 1 atom stereocenters. The molecule has 0 saturated heterocycles. The normalized spacial score (nSPS) is 12.0. The molecule has 0 spiro atoms. The van der Waals surface area contributed by atoms with Crippen molar-refractivity contribution in [2.45, 2.75) is 20.0 Å². The van der Waals surface area contributed by atoms with E-state index in [1.54, 1.807) is 6.07 Å². The molecule has 1 aromatic rings. The van der Waals surface area contributed by atoms with Crippen LogP contribution in [0.15, 0.2) is 24.3 Å². The highest BCUT2D eigenvalue weighted by molar-refractivity contribution is 5.76. The van der Waals surface area contributed by atoms with Crippen molar-refractivity contribution in [3.05, 3.63) is 29.8 Å². The zero-order valence-corrected chi connectivity index (χ0v) is 10.5. The predicted octanol–water partition coefficient (Wildman–Crippen LogP) is 1.74. The van der Waals surface area contributed by atoms with Crippen LogP contribution in [-0.4, -0.2) is 31.3 Å². The van der Waals surface area contributed by atoms with Gasteiger partial charge in [-0.25, -0.2) is 4.79 Å². The summed E-state index contributed by atoms with van der Waals surface area (Å²) in [6.45, 7) is 5.89. The first-order chi connectivity index (χ1) is 8.13. The molecule has 1 unspecified atom stereocenters. The molecule has 0 radical (unpaired) electrons. The lowest BCUT2D eigenvalue weighted by Crippen LogP contribution is -2.22. The van der Waals surface area contributed by atoms with E-state index in [2.05, 4.69) is 23.5 Å². The largest absolute Gasteiger partial charge is 0.467 e. The Morgan fingerprint density at radius 3 is 2.59 bits per heavy atom. The second-order valence-corrected chi connectivity index (χ2v) is 3.69. The number of nitrogens with zero attached hydrogens (tertiary/aromatic N) is 1. The molecule has 1 aromatic carbocycles. The molecule has 0 fully saturated rings. The quantitative estimate of drug-likeness (QED) is 0.792. The summed E-state index contributed by atoms with van der Waals surface area (Å²) in [5.74, 6) is -0.637. The second kappa shape index (κ2) is 6.25. The number of aliphatic hydroxyl groups is 1. The fraction of sp³-hybridized carbons (Fsp3) is 0.462. The van der Waals surface area contributed by atoms with Crippen LogP contribution in [0.1, 0.15) is 25.5 Å². The van der Waals surface area contributed by atoms with Crippen molar-refractivity contribution in [2.24, 2.45) is 0 Å². The average Bonchev–Trinajstić information content (AvgIpc) is 2.38. The molecule has 1 rings (SSSR count). The van der Waals surface area contributed by atoms with Gasteiger partial charge in [0, 0.05) is 18.8 Å². The fourth-order valence-corrected chi connectivity index (χ4v) is 1.73. The van der Waals surface area contributed by atoms with Gasteiger partial charge in [-0.2, -0.15) is 0 Å². The van der Waals surface area contributed by atoms with E-state index in [1.165, 1.54) is 7.11 Å². The van der Waals surface area contributed by atoms with Gasteiger partial charge in [0.2, 0.25) is 0 Å². The smallest absolute Gasteiger partial charge is 0.339 e. The van der Waals surface area contributed by atoms with E-state index in [0.717, 1.165) is 18.8 Å². The zero-order chi connectivity index (χ0) is 12.8. The van der Waals surface area contributed by atoms with Gasteiger partial charge in [0.05, 0.1) is 7.11 Å². The van der Waals surface area contributed by atoms with Gasteiger partial charge in [0.15, 0.2) is 6.10 Å². The minimum absolute atomic E-state index is 0.557. The number of benzene rings is 1. The summed E-state index contributed by atoms with van der Waals surface area (Å²) in [5, 5.41) is 9.75. The Bertz CT molecular complexity index is 375. The first-order valence-electron chi connectivity index (χ1n) is 5.74. The highest BCUT2D eigenvalue weighted by Gasteiger charge is 2.18. The van der Waals surface area contributed by atoms with Crippen LogP contribution < -0.4 is 4.90 Å². The predicted molar refractivity (Wildman–Crippen MR) is 67.0 cm³/mol. The number of carbonyl (C=O) groups excluding carboxylic acids is 1. The summed E-state index contributed by atoms with van der Waals surface area (Å²) in [4.78, 5) is 13.4. The van der Waals surface area contributed by atoms with Crippen LogP contribution in [0.4, 0.5) is 5.69 Å². The molecule has 0 aromatic heterocycles. The molecule has 0 amide bonds. The maximum Gasteiger partial charge on any atom is 0.339 e. The molecule has 0 aliphatic heterocycles. The topological polar surface area (TPSA) is 49.8 Å². The minimum atomic E-state index is -1.21. The van der Waals surface area contributed by atoms with Crippen LogP contribution >= 0.6 is 0 Å². The van der Waals surface area contributed by atoms with Gasteiger partial charge in [0.25, 0.3) is 0 Å². The summed E-state index contributed by atoms with van der Waals surface area (Å²) in [6.07, 6.45) is -1.21. The number of carbonyl (C=O) groups is 1. The van der Waals surface area contributed by atoms with Gasteiger partial charge < -0.3 is 14.7 Å². The van der Waals surface area contributed by atoms with Crippen molar-refractivity contribution in [1.29, 1.82) is 0 Å². The van der Waals surface area contributed by atoms with E-state index < -0.39 is 12.1 Å². The van der Waals surface area contributed by atoms with Crippen molar-refractivity contribution in [3.8, 4) is 0 Å². The van der Waals surface area contributed by atoms with Crippen molar-refractivity contribution in [2.75, 3.05) is 25.1 Å². The number of esters is 1. The van der Waals surface area contributed by atoms with Crippen LogP contribution in [-0.2, 0) is 9.53 Å². The highest BCUT2D eigenvalue weighted by Crippen LogP contribution is 2.21. The van der Waals surface area contributed by atoms with Gasteiger partial charge in [-0.05, 0) is 31.5 Å². The van der Waals surface area contributed by atoms with Crippen molar-refractivity contribution >= 4 is 11.7 Å². The Kier molecular flexibility index (Phi) is 4.97. The Morgan fingerprint density at radius 1 is 1.41 bits per heavy atom. The SMILES string of the molecule is CCN(CC)c1cccc(C(O)C(=O)OC)c1. The molecule has 0 aliphatic carbocycles. The third kappa shape index (κ3) is 3.20. The maximum atomic E-state index is 11.2. The monoisotopic (exact) mass is 237 g/mol. The summed E-state index contributed by atoms with van der Waals surface area (Å²) >= 11 is 0. The van der Waals surface area contributed by atoms with E-state index in [0.29, 0.717) is 5.56 Å². The van der Waals surface area contributed by atoms with E-state index in [9.17, 15) is 9.90 Å². The molecule has 4 nitrogen and oxygen atoms in total. The van der Waals surface area contributed by atoms with Gasteiger partial charge in [-0.3, -0.25) is 0 Å². The fourth-order valence-electron chi connectivity index (χ4n) is 1.73. The van der Waals surface area contributed by atoms with Crippen LogP contribution in [0.2, 0.25) is 0 Å². The average molecular weight is 237 g/mol. The lowest BCUT2D eigenvalue weighted by Gasteiger charge is -2.22. The Hall–Kier alpha value is -1.55. The number of rotatable bonds is 5. The van der Waals surface area contributed by atoms with Crippen LogP contribution in [0.5, 0.6) is 0 Å². The van der Waals surface area contributed by atoms with Crippen molar-refractivity contribution in [3.63, 3.8) is 0 Å². The first kappa shape index (κ1) is 13.5. The number of hydrogen-bond donors (Lipinski definition) is 1. The van der Waals surface area contributed by atoms with Gasteiger partial charge in [0.1, 0.15) is 0 Å². The molecular formula is C13H19NO3. The van der Waals surface area contributed by atoms with Gasteiger partial charge >= 0.3 is 5.97 Å². The summed E-state index contributed by atoms with van der Waals surface area (Å²) < 4.78 is 4.52. The van der Waals surface area contributed by atoms with Crippen LogP contribution in [0, 0.1) is 0 Å². The molecular weight excluding hydrogens is 218 g/mol. The Balaban J connectivity index is 2.96. The molecule has 0 bridgehead atoms. The summed E-state index contributed by atoms with van der Waals surface area (Å²) in [6, 6.07) is 7.32. The molecule has 0 aliphatic rings. The summed E-state index contributed by atoms with van der Waals surface area (Å²) in [5.41, 5.74) is 1.55. The highest BCUT2D eigenvalue weighted by atomic mass is 16.5. The molecule has 94 valence electrons. The molecule has 0 heterocycles. The zero-order valence-electron chi connectivity index (χ0n) is 10.5. The lowest BCUT2D eigenvalue weighted by molar-refractivity contribution is -0.150. The van der Waals surface area contributed by atoms with Crippen molar-refractivity contribution in [1.82, 2.24) is 0 Å². The lowest BCUT2D eigenvalue weighted by atomic mass is 10.1. The third-order valence-corrected chi connectivity index (χ3v) is 2.74. The molecule has 17 heavy (non-hydrogen) atoms. The van der Waals surface area contributed by atoms with Gasteiger partial charge in [-0.1, -0.05) is 12.1 Å². The summed E-state index contributed by atoms with van der Waals surface area (Å²) in [7, 11) is 1.26. The van der Waals surface area contributed by atoms with E-state index in [1.807, 2.05) is 18.2 Å². The Labute approximate surface area is 102 Å². The number of hydrogen-bond acceptors (Lipinski definition) is 4. The number of methoxy groups -OCH3 is 1. The third-order valence-electron chi connectivity index (χ3n) is 2.74. The number of ether oxygens (including phenoxy) is 1. The number of aliphatic hydroxyl groups excluding tert-OH is 1. The standard InChI is InChI=1S/C13H19NO3/c1-4-14(5-2)11-8-6-7-10(9-11)12(15)13(16)17-3/h6-9,12,15H,4-5H2,1-3H3. The van der Waals surface area contributed by atoms with E-state index in [-0.39, 0.29) is 0 Å². The van der Waals surface area contributed by atoms with Crippen LogP contribution in [0.3, 0.4) is 0 Å². The maximum absolute atomic E-state index is 11.2. The van der Waals surface area contributed by atoms with E-state index in [4.69, 9.17) is 0 Å². The minimum Gasteiger partial charge on any atom is -0.467 e. The van der Waals surface area contributed by atoms with Gasteiger partial charge in [-0.15, -0.1) is 0 Å². The molecule has 1 N–H and O–H groups in total. The van der Waals surface area contributed by atoms with E-state index >= 15 is 0 Å². The second-order valence-electron chi connectivity index (χ2n) is 3.69.